The minimum Gasteiger partial charge on any atom is -0.326 e. The highest BCUT2D eigenvalue weighted by Crippen LogP contribution is 2.22. The number of nitrogens with two attached hydrogens (primary N) is 1. The molecule has 0 heterocycles. The van der Waals surface area contributed by atoms with Crippen molar-refractivity contribution in [2.24, 2.45) is 5.73 Å². The second-order valence-electron chi connectivity index (χ2n) is 4.15. The summed E-state index contributed by atoms with van der Waals surface area (Å²) in [4.78, 5) is 0. The Balaban J connectivity index is 3.02. The molecule has 66 valence electrons. The highest BCUT2D eigenvalue weighted by atomic mass is 14.5. The van der Waals surface area contributed by atoms with Gasteiger partial charge in [-0.25, -0.2) is 0 Å². The van der Waals surface area contributed by atoms with Gasteiger partial charge in [0.15, 0.2) is 0 Å². The molecule has 0 fully saturated rings. The van der Waals surface area contributed by atoms with Crippen molar-refractivity contribution in [3.05, 3.63) is 35.4 Å². The van der Waals surface area contributed by atoms with E-state index in [0.717, 1.165) is 0 Å². The van der Waals surface area contributed by atoms with Gasteiger partial charge in [0.2, 0.25) is 0 Å². The maximum atomic E-state index is 5.56. The van der Waals surface area contributed by atoms with Gasteiger partial charge in [-0.2, -0.15) is 0 Å². The van der Waals surface area contributed by atoms with E-state index in [1.54, 1.807) is 0 Å². The van der Waals surface area contributed by atoms with Crippen molar-refractivity contribution in [3.8, 4) is 0 Å². The topological polar surface area (TPSA) is 26.0 Å². The molecule has 1 nitrogen and oxygen atoms in total. The van der Waals surface area contributed by atoms with Crippen LogP contribution < -0.4 is 5.73 Å². The molecular formula is C11H17N. The first kappa shape index (κ1) is 9.27. The molecule has 0 atom stereocenters. The lowest BCUT2D eigenvalue weighted by molar-refractivity contribution is 0.589. The Hall–Kier alpha value is -0.820. The van der Waals surface area contributed by atoms with Crippen molar-refractivity contribution in [1.82, 2.24) is 0 Å². The number of hydrogen-bond acceptors (Lipinski definition) is 1. The first-order chi connectivity index (χ1) is 5.54. The van der Waals surface area contributed by atoms with Crippen molar-refractivity contribution in [2.75, 3.05) is 0 Å². The maximum Gasteiger partial charge on any atom is 0.0178 e. The standard InChI is InChI=1S/C11H17N/c1-11(2,3)10-6-4-5-9(7-10)8-12/h4-7H,8,12H2,1-3H3. The molecule has 1 aromatic carbocycles. The van der Waals surface area contributed by atoms with Gasteiger partial charge in [0.25, 0.3) is 0 Å². The van der Waals surface area contributed by atoms with Gasteiger partial charge in [-0.3, -0.25) is 0 Å². The molecule has 0 amide bonds. The van der Waals surface area contributed by atoms with E-state index in [0.29, 0.717) is 6.54 Å². The van der Waals surface area contributed by atoms with E-state index < -0.39 is 0 Å². The van der Waals surface area contributed by atoms with E-state index in [4.69, 9.17) is 5.73 Å². The molecule has 1 aromatic rings. The molecule has 1 heteroatoms. The smallest absolute Gasteiger partial charge is 0.0178 e. The molecule has 0 saturated carbocycles. The maximum absolute atomic E-state index is 5.56. The highest BCUT2D eigenvalue weighted by molar-refractivity contribution is 5.28. The average Bonchev–Trinajstić information content (AvgIpc) is 2.03. The zero-order valence-corrected chi connectivity index (χ0v) is 8.09. The third-order valence-corrected chi connectivity index (χ3v) is 2.03. The molecule has 0 radical (unpaired) electrons. The lowest BCUT2D eigenvalue weighted by atomic mass is 9.86. The fourth-order valence-corrected chi connectivity index (χ4v) is 1.16. The monoisotopic (exact) mass is 163 g/mol. The predicted octanol–water partition coefficient (Wildman–Crippen LogP) is 2.44. The zero-order chi connectivity index (χ0) is 9.19. The number of benzene rings is 1. The Labute approximate surface area is 74.6 Å². The van der Waals surface area contributed by atoms with Crippen LogP contribution in [0.25, 0.3) is 0 Å². The fraction of sp³-hybridized carbons (Fsp3) is 0.455. The van der Waals surface area contributed by atoms with Gasteiger partial charge in [-0.05, 0) is 16.5 Å². The molecule has 0 saturated heterocycles. The van der Waals surface area contributed by atoms with Crippen LogP contribution in [0.15, 0.2) is 24.3 Å². The summed E-state index contributed by atoms with van der Waals surface area (Å²) in [6.07, 6.45) is 0. The Morgan fingerprint density at radius 1 is 1.25 bits per heavy atom. The van der Waals surface area contributed by atoms with E-state index in [2.05, 4.69) is 45.0 Å². The van der Waals surface area contributed by atoms with Gasteiger partial charge in [0, 0.05) is 6.54 Å². The number of rotatable bonds is 1. The van der Waals surface area contributed by atoms with Crippen LogP contribution in [0.1, 0.15) is 31.9 Å². The van der Waals surface area contributed by atoms with Crippen molar-refractivity contribution < 1.29 is 0 Å². The summed E-state index contributed by atoms with van der Waals surface area (Å²) < 4.78 is 0. The minimum atomic E-state index is 0.227. The van der Waals surface area contributed by atoms with E-state index in [9.17, 15) is 0 Å². The Bertz CT molecular complexity index is 258. The molecule has 0 spiro atoms. The molecule has 1 rings (SSSR count). The van der Waals surface area contributed by atoms with Crippen LogP contribution in [0, 0.1) is 0 Å². The van der Waals surface area contributed by atoms with Gasteiger partial charge >= 0.3 is 0 Å². The average molecular weight is 163 g/mol. The van der Waals surface area contributed by atoms with Gasteiger partial charge in [-0.15, -0.1) is 0 Å². The third kappa shape index (κ3) is 2.08. The minimum absolute atomic E-state index is 0.227. The molecular weight excluding hydrogens is 146 g/mol. The second kappa shape index (κ2) is 3.28. The van der Waals surface area contributed by atoms with Crippen LogP contribution in [0.5, 0.6) is 0 Å². The summed E-state index contributed by atoms with van der Waals surface area (Å²) in [5.41, 5.74) is 8.35. The molecule has 12 heavy (non-hydrogen) atoms. The lowest BCUT2D eigenvalue weighted by Crippen LogP contribution is -2.11. The van der Waals surface area contributed by atoms with Gasteiger partial charge in [0.05, 0.1) is 0 Å². The summed E-state index contributed by atoms with van der Waals surface area (Å²) in [6.45, 7) is 7.26. The lowest BCUT2D eigenvalue weighted by Gasteiger charge is -2.19. The highest BCUT2D eigenvalue weighted by Gasteiger charge is 2.12. The molecule has 0 bridgehead atoms. The Morgan fingerprint density at radius 2 is 1.92 bits per heavy atom. The molecule has 0 aromatic heterocycles. The van der Waals surface area contributed by atoms with Crippen LogP contribution in [-0.2, 0) is 12.0 Å². The van der Waals surface area contributed by atoms with E-state index >= 15 is 0 Å². The number of hydrogen-bond donors (Lipinski definition) is 1. The third-order valence-electron chi connectivity index (χ3n) is 2.03. The van der Waals surface area contributed by atoms with Crippen LogP contribution >= 0.6 is 0 Å². The molecule has 0 unspecified atom stereocenters. The Morgan fingerprint density at radius 3 is 2.42 bits per heavy atom. The van der Waals surface area contributed by atoms with Crippen LogP contribution in [-0.4, -0.2) is 0 Å². The van der Waals surface area contributed by atoms with E-state index in [1.807, 2.05) is 0 Å². The quantitative estimate of drug-likeness (QED) is 0.676. The zero-order valence-electron chi connectivity index (χ0n) is 8.09. The first-order valence-electron chi connectivity index (χ1n) is 4.33. The SMILES string of the molecule is CC(C)(C)c1cccc(CN)c1. The summed E-state index contributed by atoms with van der Waals surface area (Å²) in [5, 5.41) is 0. The second-order valence-corrected chi connectivity index (χ2v) is 4.15. The normalized spacial score (nSPS) is 11.7. The molecule has 0 aliphatic carbocycles. The van der Waals surface area contributed by atoms with E-state index in [1.165, 1.54) is 11.1 Å². The van der Waals surface area contributed by atoms with Crippen molar-refractivity contribution in [1.29, 1.82) is 0 Å². The van der Waals surface area contributed by atoms with Gasteiger partial charge in [0.1, 0.15) is 0 Å². The molecule has 0 aliphatic heterocycles. The summed E-state index contributed by atoms with van der Waals surface area (Å²) in [5.74, 6) is 0. The van der Waals surface area contributed by atoms with Crippen molar-refractivity contribution in [3.63, 3.8) is 0 Å². The largest absolute Gasteiger partial charge is 0.326 e. The summed E-state index contributed by atoms with van der Waals surface area (Å²) >= 11 is 0. The van der Waals surface area contributed by atoms with Gasteiger partial charge in [-0.1, -0.05) is 45.0 Å². The van der Waals surface area contributed by atoms with Crippen molar-refractivity contribution >= 4 is 0 Å². The van der Waals surface area contributed by atoms with Crippen LogP contribution in [0.4, 0.5) is 0 Å². The molecule has 0 aliphatic rings. The first-order valence-corrected chi connectivity index (χ1v) is 4.33. The summed E-state index contributed by atoms with van der Waals surface area (Å²) in [7, 11) is 0. The molecule has 2 N–H and O–H groups in total. The van der Waals surface area contributed by atoms with Gasteiger partial charge < -0.3 is 5.73 Å². The Kier molecular flexibility index (Phi) is 2.53. The van der Waals surface area contributed by atoms with Crippen LogP contribution in [0.3, 0.4) is 0 Å². The predicted molar refractivity (Wildman–Crippen MR) is 53.0 cm³/mol. The fourth-order valence-electron chi connectivity index (χ4n) is 1.16. The van der Waals surface area contributed by atoms with Crippen molar-refractivity contribution in [2.45, 2.75) is 32.7 Å². The summed E-state index contributed by atoms with van der Waals surface area (Å²) in [6, 6.07) is 8.47. The van der Waals surface area contributed by atoms with Crippen LogP contribution in [0.2, 0.25) is 0 Å². The van der Waals surface area contributed by atoms with E-state index in [-0.39, 0.29) is 5.41 Å².